The van der Waals surface area contributed by atoms with Crippen molar-refractivity contribution in [2.45, 2.75) is 25.4 Å². The van der Waals surface area contributed by atoms with Crippen molar-refractivity contribution in [1.29, 1.82) is 0 Å². The molecule has 128 valence electrons. The fraction of sp³-hybridized carbons (Fsp3) is 0.588. The quantitative estimate of drug-likeness (QED) is 0.817. The lowest BCUT2D eigenvalue weighted by Gasteiger charge is -2.29. The molecule has 1 aliphatic heterocycles. The average molecular weight is 324 g/mol. The van der Waals surface area contributed by atoms with E-state index in [0.717, 1.165) is 13.1 Å². The number of aliphatic hydroxyl groups excluding tert-OH is 1. The van der Waals surface area contributed by atoms with E-state index in [0.29, 0.717) is 25.3 Å². The number of benzene rings is 1. The van der Waals surface area contributed by atoms with Crippen LogP contribution in [-0.2, 0) is 14.9 Å². The summed E-state index contributed by atoms with van der Waals surface area (Å²) in [6, 6.07) is 6.03. The number of ether oxygens (including phenoxy) is 1. The van der Waals surface area contributed by atoms with Crippen molar-refractivity contribution in [1.82, 2.24) is 10.2 Å². The summed E-state index contributed by atoms with van der Waals surface area (Å²) in [4.78, 5) is 14.5. The Morgan fingerprint density at radius 1 is 1.43 bits per heavy atom. The van der Waals surface area contributed by atoms with Gasteiger partial charge in [0.15, 0.2) is 0 Å². The lowest BCUT2D eigenvalue weighted by molar-refractivity contribution is -0.126. The minimum Gasteiger partial charge on any atom is -0.390 e. The summed E-state index contributed by atoms with van der Waals surface area (Å²) in [5.74, 6) is -0.597. The summed E-state index contributed by atoms with van der Waals surface area (Å²) < 4.78 is 18.6. The number of nitrogens with zero attached hydrogens (tertiary/aromatic N) is 1. The Morgan fingerprint density at radius 2 is 2.13 bits per heavy atom. The van der Waals surface area contributed by atoms with Gasteiger partial charge in [0.05, 0.1) is 24.7 Å². The predicted octanol–water partition coefficient (Wildman–Crippen LogP) is 0.913. The SMILES string of the molecule is CC(C)(C(=O)NCC(O)CN1CCOCC1)c1cccc(F)c1. The van der Waals surface area contributed by atoms with Gasteiger partial charge in [-0.1, -0.05) is 12.1 Å². The highest BCUT2D eigenvalue weighted by Gasteiger charge is 2.30. The van der Waals surface area contributed by atoms with E-state index in [-0.39, 0.29) is 18.3 Å². The van der Waals surface area contributed by atoms with E-state index in [1.165, 1.54) is 12.1 Å². The summed E-state index contributed by atoms with van der Waals surface area (Å²) >= 11 is 0. The molecule has 1 fully saturated rings. The Hall–Kier alpha value is -1.50. The molecule has 0 bridgehead atoms. The minimum atomic E-state index is -0.860. The maximum absolute atomic E-state index is 13.3. The number of aliphatic hydroxyl groups is 1. The zero-order valence-corrected chi connectivity index (χ0v) is 13.7. The van der Waals surface area contributed by atoms with E-state index in [4.69, 9.17) is 4.74 Å². The van der Waals surface area contributed by atoms with Gasteiger partial charge < -0.3 is 15.2 Å². The van der Waals surface area contributed by atoms with Crippen LogP contribution in [0.4, 0.5) is 4.39 Å². The van der Waals surface area contributed by atoms with Crippen LogP contribution < -0.4 is 5.32 Å². The Kier molecular flexibility index (Phi) is 6.10. The molecule has 0 spiro atoms. The largest absolute Gasteiger partial charge is 0.390 e. The number of β-amino-alcohol motifs (C(OH)–C–C–N with tert-alkyl or cyclic N) is 1. The number of rotatable bonds is 6. The monoisotopic (exact) mass is 324 g/mol. The average Bonchev–Trinajstić information content (AvgIpc) is 2.53. The van der Waals surface area contributed by atoms with Gasteiger partial charge in [-0.05, 0) is 31.5 Å². The third kappa shape index (κ3) is 4.99. The number of halogens is 1. The zero-order chi connectivity index (χ0) is 16.9. The number of hydrogen-bond acceptors (Lipinski definition) is 4. The van der Waals surface area contributed by atoms with Crippen LogP contribution in [0.25, 0.3) is 0 Å². The number of hydrogen-bond donors (Lipinski definition) is 2. The van der Waals surface area contributed by atoms with E-state index in [2.05, 4.69) is 10.2 Å². The molecule has 2 rings (SSSR count). The van der Waals surface area contributed by atoms with E-state index in [1.54, 1.807) is 26.0 Å². The number of carbonyl (C=O) groups is 1. The topological polar surface area (TPSA) is 61.8 Å². The second kappa shape index (κ2) is 7.86. The third-order valence-electron chi connectivity index (χ3n) is 4.18. The summed E-state index contributed by atoms with van der Waals surface area (Å²) in [6.07, 6.45) is -0.639. The van der Waals surface area contributed by atoms with Crippen LogP contribution in [0.5, 0.6) is 0 Å². The van der Waals surface area contributed by atoms with Crippen molar-refractivity contribution >= 4 is 5.91 Å². The fourth-order valence-electron chi connectivity index (χ4n) is 2.59. The first kappa shape index (κ1) is 17.8. The zero-order valence-electron chi connectivity index (χ0n) is 13.7. The van der Waals surface area contributed by atoms with Gasteiger partial charge in [-0.25, -0.2) is 4.39 Å². The van der Waals surface area contributed by atoms with Crippen molar-refractivity contribution < 1.29 is 19.0 Å². The van der Waals surface area contributed by atoms with Crippen LogP contribution in [0.15, 0.2) is 24.3 Å². The Labute approximate surface area is 136 Å². The van der Waals surface area contributed by atoms with Crippen molar-refractivity contribution in [3.8, 4) is 0 Å². The molecule has 2 N–H and O–H groups in total. The molecule has 0 aliphatic carbocycles. The van der Waals surface area contributed by atoms with Crippen molar-refractivity contribution in [2.24, 2.45) is 0 Å². The highest BCUT2D eigenvalue weighted by Crippen LogP contribution is 2.23. The van der Waals surface area contributed by atoms with Gasteiger partial charge in [0, 0.05) is 26.2 Å². The molecule has 1 aromatic carbocycles. The fourth-order valence-corrected chi connectivity index (χ4v) is 2.59. The molecular weight excluding hydrogens is 299 g/mol. The van der Waals surface area contributed by atoms with Gasteiger partial charge in [0.1, 0.15) is 5.82 Å². The summed E-state index contributed by atoms with van der Waals surface area (Å²) in [5.41, 5.74) is -0.251. The molecule has 1 saturated heterocycles. The molecule has 1 amide bonds. The van der Waals surface area contributed by atoms with Gasteiger partial charge in [-0.3, -0.25) is 9.69 Å². The third-order valence-corrected chi connectivity index (χ3v) is 4.18. The molecular formula is C17H25FN2O3. The number of nitrogens with one attached hydrogen (secondary N) is 1. The Bertz CT molecular complexity index is 530. The van der Waals surface area contributed by atoms with E-state index >= 15 is 0 Å². The summed E-state index contributed by atoms with van der Waals surface area (Å²) in [7, 11) is 0. The molecule has 0 aromatic heterocycles. The Morgan fingerprint density at radius 3 is 2.78 bits per heavy atom. The Balaban J connectivity index is 1.85. The molecule has 1 aromatic rings. The first-order chi connectivity index (χ1) is 10.9. The van der Waals surface area contributed by atoms with Crippen LogP contribution >= 0.6 is 0 Å². The highest BCUT2D eigenvalue weighted by atomic mass is 19.1. The van der Waals surface area contributed by atoms with Gasteiger partial charge in [-0.15, -0.1) is 0 Å². The molecule has 6 heteroatoms. The maximum atomic E-state index is 13.3. The number of amides is 1. The molecule has 0 saturated carbocycles. The molecule has 1 heterocycles. The van der Waals surface area contributed by atoms with Crippen LogP contribution in [-0.4, -0.2) is 61.4 Å². The second-order valence-electron chi connectivity index (χ2n) is 6.41. The number of morpholine rings is 1. The van der Waals surface area contributed by atoms with Gasteiger partial charge in [0.2, 0.25) is 5.91 Å². The summed E-state index contributed by atoms with van der Waals surface area (Å²) in [6.45, 7) is 7.09. The first-order valence-corrected chi connectivity index (χ1v) is 7.92. The number of carbonyl (C=O) groups excluding carboxylic acids is 1. The molecule has 1 aliphatic rings. The standard InChI is InChI=1S/C17H25FN2O3/c1-17(2,13-4-3-5-14(18)10-13)16(22)19-11-15(21)12-20-6-8-23-9-7-20/h3-5,10,15,21H,6-9,11-12H2,1-2H3,(H,19,22). The second-order valence-corrected chi connectivity index (χ2v) is 6.41. The first-order valence-electron chi connectivity index (χ1n) is 7.92. The highest BCUT2D eigenvalue weighted by molar-refractivity contribution is 5.87. The maximum Gasteiger partial charge on any atom is 0.230 e. The molecule has 5 nitrogen and oxygen atoms in total. The lowest BCUT2D eigenvalue weighted by atomic mass is 9.83. The van der Waals surface area contributed by atoms with Crippen molar-refractivity contribution in [2.75, 3.05) is 39.4 Å². The van der Waals surface area contributed by atoms with Crippen LogP contribution in [0.2, 0.25) is 0 Å². The predicted molar refractivity (Wildman–Crippen MR) is 85.7 cm³/mol. The van der Waals surface area contributed by atoms with E-state index < -0.39 is 11.5 Å². The van der Waals surface area contributed by atoms with Crippen LogP contribution in [0.1, 0.15) is 19.4 Å². The van der Waals surface area contributed by atoms with Crippen molar-refractivity contribution in [3.05, 3.63) is 35.6 Å². The van der Waals surface area contributed by atoms with Gasteiger partial charge >= 0.3 is 0 Å². The molecule has 0 radical (unpaired) electrons. The molecule has 23 heavy (non-hydrogen) atoms. The minimum absolute atomic E-state index is 0.176. The molecule has 1 atom stereocenters. The van der Waals surface area contributed by atoms with E-state index in [9.17, 15) is 14.3 Å². The van der Waals surface area contributed by atoms with Crippen molar-refractivity contribution in [3.63, 3.8) is 0 Å². The summed E-state index contributed by atoms with van der Waals surface area (Å²) in [5, 5.41) is 12.8. The normalized spacial score (nSPS) is 17.7. The van der Waals surface area contributed by atoms with Crippen LogP contribution in [0, 0.1) is 5.82 Å². The molecule has 1 unspecified atom stereocenters. The van der Waals surface area contributed by atoms with Crippen LogP contribution in [0.3, 0.4) is 0 Å². The smallest absolute Gasteiger partial charge is 0.230 e. The van der Waals surface area contributed by atoms with E-state index in [1.807, 2.05) is 0 Å². The van der Waals surface area contributed by atoms with Gasteiger partial charge in [0.25, 0.3) is 0 Å². The lowest BCUT2D eigenvalue weighted by Crippen LogP contribution is -2.47. The van der Waals surface area contributed by atoms with Gasteiger partial charge in [-0.2, -0.15) is 0 Å².